The second-order valence-corrected chi connectivity index (χ2v) is 6.09. The van der Waals surface area contributed by atoms with Crippen molar-refractivity contribution in [1.82, 2.24) is 15.2 Å². The van der Waals surface area contributed by atoms with E-state index in [1.165, 1.54) is 36.4 Å². The highest BCUT2D eigenvalue weighted by atomic mass is 32.1. The molecule has 1 aliphatic rings. The number of thiazole rings is 1. The smallest absolute Gasteiger partial charge is 0.0941 e. The van der Waals surface area contributed by atoms with Crippen LogP contribution >= 0.6 is 11.3 Å². The molecule has 96 valence electrons. The van der Waals surface area contributed by atoms with Gasteiger partial charge in [-0.1, -0.05) is 12.8 Å². The van der Waals surface area contributed by atoms with Gasteiger partial charge in [-0.3, -0.25) is 0 Å². The molecule has 0 bridgehead atoms. The minimum absolute atomic E-state index is 0.738. The molecule has 1 heterocycles. The van der Waals surface area contributed by atoms with Gasteiger partial charge in [-0.15, -0.1) is 11.3 Å². The van der Waals surface area contributed by atoms with E-state index in [-0.39, 0.29) is 0 Å². The highest BCUT2D eigenvalue weighted by Crippen LogP contribution is 2.18. The van der Waals surface area contributed by atoms with Crippen LogP contribution in [0.4, 0.5) is 0 Å². The van der Waals surface area contributed by atoms with Crippen molar-refractivity contribution in [3.63, 3.8) is 0 Å². The average Bonchev–Trinajstić information content (AvgIpc) is 2.95. The monoisotopic (exact) mass is 253 g/mol. The summed E-state index contributed by atoms with van der Waals surface area (Å²) in [6, 6.07) is 0.738. The van der Waals surface area contributed by atoms with Crippen molar-refractivity contribution in [2.75, 3.05) is 20.6 Å². The Morgan fingerprint density at radius 2 is 2.18 bits per heavy atom. The summed E-state index contributed by atoms with van der Waals surface area (Å²) in [7, 11) is 4.21. The summed E-state index contributed by atoms with van der Waals surface area (Å²) < 4.78 is 0. The second-order valence-electron chi connectivity index (χ2n) is 5.15. The Kier molecular flexibility index (Phi) is 4.95. The summed E-state index contributed by atoms with van der Waals surface area (Å²) in [6.07, 6.45) is 6.54. The van der Waals surface area contributed by atoms with Crippen LogP contribution in [0.25, 0.3) is 0 Å². The van der Waals surface area contributed by atoms with Crippen molar-refractivity contribution in [2.24, 2.45) is 0 Å². The molecule has 0 atom stereocenters. The molecule has 1 saturated carbocycles. The van der Waals surface area contributed by atoms with Gasteiger partial charge in [0.25, 0.3) is 0 Å². The molecule has 0 unspecified atom stereocenters. The Labute approximate surface area is 108 Å². The molecule has 1 aliphatic carbocycles. The van der Waals surface area contributed by atoms with Crippen molar-refractivity contribution in [3.8, 4) is 0 Å². The quantitative estimate of drug-likeness (QED) is 0.843. The van der Waals surface area contributed by atoms with Crippen molar-refractivity contribution >= 4 is 11.3 Å². The van der Waals surface area contributed by atoms with Gasteiger partial charge in [-0.2, -0.15) is 0 Å². The molecule has 1 fully saturated rings. The number of hydrogen-bond donors (Lipinski definition) is 1. The fourth-order valence-corrected chi connectivity index (χ4v) is 3.03. The Balaban J connectivity index is 1.73. The fourth-order valence-electron chi connectivity index (χ4n) is 2.24. The number of likely N-dealkylation sites (N-methyl/N-ethyl adjacent to an activating group) is 1. The minimum atomic E-state index is 0.738. The first kappa shape index (κ1) is 13.0. The SMILES string of the molecule is CN(C)CCc1nc(CNC2CCCC2)cs1. The van der Waals surface area contributed by atoms with Gasteiger partial charge < -0.3 is 10.2 Å². The molecule has 0 aliphatic heterocycles. The van der Waals surface area contributed by atoms with Crippen LogP contribution in [0, 0.1) is 0 Å². The van der Waals surface area contributed by atoms with Gasteiger partial charge in [0.2, 0.25) is 0 Å². The molecule has 2 rings (SSSR count). The Morgan fingerprint density at radius 3 is 2.88 bits per heavy atom. The van der Waals surface area contributed by atoms with E-state index in [0.29, 0.717) is 0 Å². The third kappa shape index (κ3) is 4.37. The van der Waals surface area contributed by atoms with Crippen LogP contribution in [0.2, 0.25) is 0 Å². The van der Waals surface area contributed by atoms with Gasteiger partial charge >= 0.3 is 0 Å². The lowest BCUT2D eigenvalue weighted by atomic mass is 10.2. The first-order valence-electron chi connectivity index (χ1n) is 6.55. The highest BCUT2D eigenvalue weighted by molar-refractivity contribution is 7.09. The lowest BCUT2D eigenvalue weighted by molar-refractivity contribution is 0.413. The molecule has 17 heavy (non-hydrogen) atoms. The van der Waals surface area contributed by atoms with Crippen LogP contribution < -0.4 is 5.32 Å². The van der Waals surface area contributed by atoms with Crippen molar-refractivity contribution in [3.05, 3.63) is 16.1 Å². The first-order valence-corrected chi connectivity index (χ1v) is 7.43. The number of aromatic nitrogens is 1. The zero-order valence-corrected chi connectivity index (χ0v) is 11.7. The van der Waals surface area contributed by atoms with E-state index in [1.807, 2.05) is 0 Å². The van der Waals surface area contributed by atoms with Crippen LogP contribution in [0.15, 0.2) is 5.38 Å². The van der Waals surface area contributed by atoms with Crippen molar-refractivity contribution in [2.45, 2.75) is 44.7 Å². The Bertz CT molecular complexity index is 329. The standard InChI is InChI=1S/C13H23N3S/c1-16(2)8-7-13-15-12(10-17-13)9-14-11-5-3-4-6-11/h10-11,14H,3-9H2,1-2H3. The molecule has 0 radical (unpaired) electrons. The molecule has 0 spiro atoms. The highest BCUT2D eigenvalue weighted by Gasteiger charge is 2.14. The predicted octanol–water partition coefficient (Wildman–Crippen LogP) is 2.28. The van der Waals surface area contributed by atoms with E-state index in [1.54, 1.807) is 11.3 Å². The summed E-state index contributed by atoms with van der Waals surface area (Å²) >= 11 is 1.80. The van der Waals surface area contributed by atoms with Crippen LogP contribution in [-0.4, -0.2) is 36.6 Å². The molecular formula is C13H23N3S. The molecule has 3 nitrogen and oxygen atoms in total. The van der Waals surface area contributed by atoms with Crippen LogP contribution in [-0.2, 0) is 13.0 Å². The molecule has 0 saturated heterocycles. The average molecular weight is 253 g/mol. The summed E-state index contributed by atoms with van der Waals surface area (Å²) in [5.74, 6) is 0. The normalized spacial score (nSPS) is 17.1. The maximum absolute atomic E-state index is 4.67. The Morgan fingerprint density at radius 1 is 1.41 bits per heavy atom. The molecule has 1 aromatic rings. The molecule has 1 aromatic heterocycles. The van der Waals surface area contributed by atoms with Gasteiger partial charge in [0.15, 0.2) is 0 Å². The van der Waals surface area contributed by atoms with E-state index in [2.05, 4.69) is 34.7 Å². The van der Waals surface area contributed by atoms with Crippen molar-refractivity contribution < 1.29 is 0 Å². The van der Waals surface area contributed by atoms with Crippen LogP contribution in [0.3, 0.4) is 0 Å². The summed E-state index contributed by atoms with van der Waals surface area (Å²) in [5, 5.41) is 7.08. The molecule has 1 N–H and O–H groups in total. The number of hydrogen-bond acceptors (Lipinski definition) is 4. The van der Waals surface area contributed by atoms with Gasteiger partial charge in [0.05, 0.1) is 10.7 Å². The van der Waals surface area contributed by atoms with E-state index >= 15 is 0 Å². The third-order valence-corrected chi connectivity index (χ3v) is 4.26. The van der Waals surface area contributed by atoms with E-state index in [0.717, 1.165) is 25.6 Å². The second kappa shape index (κ2) is 6.47. The van der Waals surface area contributed by atoms with Gasteiger partial charge in [-0.05, 0) is 26.9 Å². The van der Waals surface area contributed by atoms with Gasteiger partial charge in [0, 0.05) is 30.9 Å². The largest absolute Gasteiger partial charge is 0.309 e. The lowest BCUT2D eigenvalue weighted by Gasteiger charge is -2.09. The maximum atomic E-state index is 4.67. The van der Waals surface area contributed by atoms with E-state index in [9.17, 15) is 0 Å². The first-order chi connectivity index (χ1) is 8.24. The summed E-state index contributed by atoms with van der Waals surface area (Å²) in [4.78, 5) is 6.88. The van der Waals surface area contributed by atoms with Gasteiger partial charge in [-0.25, -0.2) is 4.98 Å². The summed E-state index contributed by atoms with van der Waals surface area (Å²) in [6.45, 7) is 2.03. The van der Waals surface area contributed by atoms with E-state index in [4.69, 9.17) is 0 Å². The molecular weight excluding hydrogens is 230 g/mol. The zero-order valence-electron chi connectivity index (χ0n) is 10.9. The topological polar surface area (TPSA) is 28.2 Å². The van der Waals surface area contributed by atoms with E-state index < -0.39 is 0 Å². The third-order valence-electron chi connectivity index (χ3n) is 3.30. The number of rotatable bonds is 6. The fraction of sp³-hybridized carbons (Fsp3) is 0.769. The number of nitrogens with zero attached hydrogens (tertiary/aromatic N) is 2. The van der Waals surface area contributed by atoms with Crippen LogP contribution in [0.1, 0.15) is 36.4 Å². The molecule has 4 heteroatoms. The minimum Gasteiger partial charge on any atom is -0.309 e. The predicted molar refractivity (Wildman–Crippen MR) is 73.5 cm³/mol. The zero-order chi connectivity index (χ0) is 12.1. The molecule has 0 amide bonds. The van der Waals surface area contributed by atoms with Gasteiger partial charge in [0.1, 0.15) is 0 Å². The maximum Gasteiger partial charge on any atom is 0.0941 e. The number of nitrogens with one attached hydrogen (secondary N) is 1. The Hall–Kier alpha value is -0.450. The lowest BCUT2D eigenvalue weighted by Crippen LogP contribution is -2.25. The molecule has 0 aromatic carbocycles. The van der Waals surface area contributed by atoms with Crippen molar-refractivity contribution in [1.29, 1.82) is 0 Å². The summed E-state index contributed by atoms with van der Waals surface area (Å²) in [5.41, 5.74) is 1.22. The van der Waals surface area contributed by atoms with Crippen LogP contribution in [0.5, 0.6) is 0 Å².